The Hall–Kier alpha value is -3.47. The van der Waals surface area contributed by atoms with Crippen LogP contribution in [-0.2, 0) is 29.5 Å². The molecule has 0 bridgehead atoms. The molecular formula is C27H30FN5O2. The molecule has 7 nitrogen and oxygen atoms in total. The van der Waals surface area contributed by atoms with Crippen LogP contribution in [0.3, 0.4) is 0 Å². The van der Waals surface area contributed by atoms with E-state index in [9.17, 15) is 14.4 Å². The highest BCUT2D eigenvalue weighted by Gasteiger charge is 2.42. The summed E-state index contributed by atoms with van der Waals surface area (Å²) < 4.78 is 19.1. The lowest BCUT2D eigenvalue weighted by atomic mass is 9.62. The predicted octanol–water partition coefficient (Wildman–Crippen LogP) is 3.66. The first-order valence-electron chi connectivity index (χ1n) is 12.2. The summed E-state index contributed by atoms with van der Waals surface area (Å²) in [7, 11) is 1.57. The molecule has 1 saturated heterocycles. The number of anilines is 1. The molecule has 0 saturated carbocycles. The summed E-state index contributed by atoms with van der Waals surface area (Å²) in [6, 6.07) is 10.8. The summed E-state index contributed by atoms with van der Waals surface area (Å²) >= 11 is 0. The zero-order chi connectivity index (χ0) is 24.6. The molecule has 2 aromatic rings. The van der Waals surface area contributed by atoms with Crippen LogP contribution >= 0.6 is 0 Å². The second-order valence-electron chi connectivity index (χ2n) is 9.79. The van der Waals surface area contributed by atoms with Crippen LogP contribution in [0.15, 0.2) is 36.7 Å². The van der Waals surface area contributed by atoms with Gasteiger partial charge in [0.15, 0.2) is 5.83 Å². The first kappa shape index (κ1) is 23.3. The normalized spacial score (nSPS) is 23.3. The molecule has 5 rings (SSSR count). The summed E-state index contributed by atoms with van der Waals surface area (Å²) in [5.74, 6) is -0.939. The summed E-state index contributed by atoms with van der Waals surface area (Å²) in [4.78, 5) is 25.3. The highest BCUT2D eigenvalue weighted by Crippen LogP contribution is 2.47. The molecule has 2 atom stereocenters. The zero-order valence-corrected chi connectivity index (χ0v) is 20.1. The maximum Gasteiger partial charge on any atom is 0.318 e. The van der Waals surface area contributed by atoms with Crippen molar-refractivity contribution in [2.75, 3.05) is 31.6 Å². The van der Waals surface area contributed by atoms with Gasteiger partial charge in [0.1, 0.15) is 5.82 Å². The molecule has 2 unspecified atom stereocenters. The molecule has 182 valence electrons. The van der Waals surface area contributed by atoms with Gasteiger partial charge in [0, 0.05) is 30.6 Å². The van der Waals surface area contributed by atoms with Gasteiger partial charge in [-0.25, -0.2) is 4.39 Å². The number of nitrogens with zero attached hydrogens (tertiary/aromatic N) is 5. The SMILES string of the molecule is C=C(F)C(=O)N1CCN(c2nc(OC)nc3c2CCC2(CCCc4ccccc42)C3)CC1CC#N. The van der Waals surface area contributed by atoms with Gasteiger partial charge in [0.2, 0.25) is 0 Å². The largest absolute Gasteiger partial charge is 0.467 e. The fraction of sp³-hybridized carbons (Fsp3) is 0.481. The summed E-state index contributed by atoms with van der Waals surface area (Å²) in [5, 5.41) is 9.34. The predicted molar refractivity (Wildman–Crippen MR) is 130 cm³/mol. The lowest BCUT2D eigenvalue weighted by Gasteiger charge is -2.44. The number of carbonyl (C=O) groups is 1. The summed E-state index contributed by atoms with van der Waals surface area (Å²) in [6.07, 6.45) is 6.27. The zero-order valence-electron chi connectivity index (χ0n) is 20.1. The van der Waals surface area contributed by atoms with Gasteiger partial charge in [0.25, 0.3) is 5.91 Å². The monoisotopic (exact) mass is 475 g/mol. The average Bonchev–Trinajstić information content (AvgIpc) is 2.88. The van der Waals surface area contributed by atoms with E-state index in [-0.39, 0.29) is 11.8 Å². The Morgan fingerprint density at radius 2 is 2.11 bits per heavy atom. The Balaban J connectivity index is 1.48. The maximum absolute atomic E-state index is 13.6. The number of methoxy groups -OCH3 is 1. The molecule has 1 aromatic heterocycles. The third-order valence-electron chi connectivity index (χ3n) is 7.88. The third kappa shape index (κ3) is 4.13. The average molecular weight is 476 g/mol. The standard InChI is InChI=1S/C27H30FN5O2/c1-18(28)25(34)33-15-14-32(17-20(33)10-13-29)24-21-9-12-27(16-23(21)30-26(31-24)35-2)11-5-7-19-6-3-4-8-22(19)27/h3-4,6,8,20H,1,5,7,9-12,14-17H2,2H3. The minimum atomic E-state index is -1.000. The van der Waals surface area contributed by atoms with E-state index >= 15 is 0 Å². The number of aryl methyl sites for hydroxylation is 1. The van der Waals surface area contributed by atoms with E-state index in [4.69, 9.17) is 14.7 Å². The van der Waals surface area contributed by atoms with Gasteiger partial charge in [-0.3, -0.25) is 4.79 Å². The number of benzene rings is 1. The molecule has 2 aliphatic carbocycles. The first-order chi connectivity index (χ1) is 17.0. The molecule has 1 fully saturated rings. The Bertz CT molecular complexity index is 1210. The van der Waals surface area contributed by atoms with Gasteiger partial charge in [-0.1, -0.05) is 30.8 Å². The molecule has 2 heterocycles. The van der Waals surface area contributed by atoms with Crippen LogP contribution < -0.4 is 9.64 Å². The van der Waals surface area contributed by atoms with Crippen molar-refractivity contribution < 1.29 is 13.9 Å². The van der Waals surface area contributed by atoms with Crippen molar-refractivity contribution in [3.05, 3.63) is 59.1 Å². The molecule has 1 aliphatic heterocycles. The number of amides is 1. The van der Waals surface area contributed by atoms with Gasteiger partial charge < -0.3 is 14.5 Å². The number of ether oxygens (including phenoxy) is 1. The van der Waals surface area contributed by atoms with E-state index in [0.717, 1.165) is 49.2 Å². The fourth-order valence-electron chi connectivity index (χ4n) is 6.23. The number of carbonyl (C=O) groups excluding carboxylic acids is 1. The fourth-order valence-corrected chi connectivity index (χ4v) is 6.23. The molecular weight excluding hydrogens is 445 g/mol. The molecule has 1 amide bonds. The van der Waals surface area contributed by atoms with E-state index in [0.29, 0.717) is 25.6 Å². The van der Waals surface area contributed by atoms with Crippen LogP contribution in [0.2, 0.25) is 0 Å². The topological polar surface area (TPSA) is 82.3 Å². The minimum Gasteiger partial charge on any atom is -0.467 e. The lowest BCUT2D eigenvalue weighted by molar-refractivity contribution is -0.131. The van der Waals surface area contributed by atoms with Crippen LogP contribution in [0.4, 0.5) is 10.2 Å². The van der Waals surface area contributed by atoms with Crippen molar-refractivity contribution in [3.8, 4) is 12.1 Å². The molecule has 1 spiro atoms. The number of hydrogen-bond donors (Lipinski definition) is 0. The number of fused-ring (bicyclic) bond motifs is 3. The molecule has 3 aliphatic rings. The number of nitriles is 1. The highest BCUT2D eigenvalue weighted by atomic mass is 19.1. The number of halogens is 1. The van der Waals surface area contributed by atoms with Crippen LogP contribution in [0.25, 0.3) is 0 Å². The van der Waals surface area contributed by atoms with E-state index < -0.39 is 17.8 Å². The van der Waals surface area contributed by atoms with E-state index in [1.165, 1.54) is 22.4 Å². The Morgan fingerprint density at radius 3 is 2.89 bits per heavy atom. The second kappa shape index (κ2) is 9.29. The quantitative estimate of drug-likeness (QED) is 0.628. The van der Waals surface area contributed by atoms with Crippen LogP contribution in [0.1, 0.15) is 48.1 Å². The van der Waals surface area contributed by atoms with Gasteiger partial charge in [0.05, 0.1) is 31.3 Å². The molecule has 35 heavy (non-hydrogen) atoms. The van der Waals surface area contributed by atoms with Crippen LogP contribution in [0.5, 0.6) is 6.01 Å². The second-order valence-corrected chi connectivity index (χ2v) is 9.79. The molecule has 0 N–H and O–H groups in total. The maximum atomic E-state index is 13.6. The number of piperazine rings is 1. The van der Waals surface area contributed by atoms with Crippen LogP contribution in [0, 0.1) is 11.3 Å². The molecule has 0 radical (unpaired) electrons. The summed E-state index contributed by atoms with van der Waals surface area (Å²) in [5.41, 5.74) is 5.10. The smallest absolute Gasteiger partial charge is 0.318 e. The Labute approximate surface area is 205 Å². The Morgan fingerprint density at radius 1 is 1.29 bits per heavy atom. The molecule has 8 heteroatoms. The number of hydrogen-bond acceptors (Lipinski definition) is 6. The molecule has 1 aromatic carbocycles. The number of aromatic nitrogens is 2. The van der Waals surface area contributed by atoms with Crippen molar-refractivity contribution in [2.24, 2.45) is 0 Å². The van der Waals surface area contributed by atoms with E-state index in [1.807, 2.05) is 0 Å². The van der Waals surface area contributed by atoms with E-state index in [1.54, 1.807) is 7.11 Å². The van der Waals surface area contributed by atoms with Crippen molar-refractivity contribution in [1.82, 2.24) is 14.9 Å². The van der Waals surface area contributed by atoms with Gasteiger partial charge >= 0.3 is 6.01 Å². The van der Waals surface area contributed by atoms with Gasteiger partial charge in [-0.2, -0.15) is 15.2 Å². The first-order valence-corrected chi connectivity index (χ1v) is 12.2. The van der Waals surface area contributed by atoms with Crippen molar-refractivity contribution >= 4 is 11.7 Å². The van der Waals surface area contributed by atoms with Crippen molar-refractivity contribution in [3.63, 3.8) is 0 Å². The van der Waals surface area contributed by atoms with Crippen molar-refractivity contribution in [1.29, 1.82) is 5.26 Å². The van der Waals surface area contributed by atoms with Crippen molar-refractivity contribution in [2.45, 2.75) is 56.4 Å². The minimum absolute atomic E-state index is 0.0778. The lowest BCUT2D eigenvalue weighted by Crippen LogP contribution is -2.55. The summed E-state index contributed by atoms with van der Waals surface area (Å²) in [6.45, 7) is 4.33. The van der Waals surface area contributed by atoms with Gasteiger partial charge in [-0.05, 0) is 49.7 Å². The highest BCUT2D eigenvalue weighted by molar-refractivity contribution is 5.91. The third-order valence-corrected chi connectivity index (χ3v) is 7.88. The van der Waals surface area contributed by atoms with E-state index in [2.05, 4.69) is 41.8 Å². The van der Waals surface area contributed by atoms with Crippen LogP contribution in [-0.4, -0.2) is 53.6 Å². The number of rotatable bonds is 4. The van der Waals surface area contributed by atoms with Gasteiger partial charge in [-0.15, -0.1) is 0 Å². The Kier molecular flexibility index (Phi) is 6.18.